The molecule has 0 unspecified atom stereocenters. The molecule has 0 radical (unpaired) electrons. The lowest BCUT2D eigenvalue weighted by Gasteiger charge is -2.03. The molecule has 0 bridgehead atoms. The van der Waals surface area contributed by atoms with E-state index in [2.05, 4.69) is 79.9 Å². The largest absolute Gasteiger partial charge is 0.299 e. The molecule has 2 heterocycles. The molecule has 4 rings (SSSR count). The Hall–Kier alpha value is -2.13. The molecule has 0 saturated carbocycles. The molecule has 0 N–H and O–H groups in total. The summed E-state index contributed by atoms with van der Waals surface area (Å²) in [5, 5.41) is 1.22. The third kappa shape index (κ3) is 2.14. The first-order valence-electron chi connectivity index (χ1n) is 6.90. The predicted molar refractivity (Wildman–Crippen MR) is 89.6 cm³/mol. The number of halogens is 1. The normalized spacial score (nSPS) is 11.3. The third-order valence-corrected chi connectivity index (χ3v) is 4.59. The lowest BCUT2D eigenvalue weighted by molar-refractivity contribution is 1.02. The SMILES string of the molecule is Brc1c2ccccc2n2cnc(Cc3ccccc3)cc12. The Morgan fingerprint density at radius 2 is 1.67 bits per heavy atom. The van der Waals surface area contributed by atoms with Gasteiger partial charge in [0.2, 0.25) is 0 Å². The number of benzene rings is 2. The number of aromatic nitrogens is 2. The van der Waals surface area contributed by atoms with Gasteiger partial charge in [-0.1, -0.05) is 48.5 Å². The average molecular weight is 337 g/mol. The van der Waals surface area contributed by atoms with Gasteiger partial charge in [-0.05, 0) is 33.6 Å². The van der Waals surface area contributed by atoms with Gasteiger partial charge in [0.25, 0.3) is 0 Å². The van der Waals surface area contributed by atoms with Crippen molar-refractivity contribution in [2.24, 2.45) is 0 Å². The third-order valence-electron chi connectivity index (χ3n) is 3.75. The van der Waals surface area contributed by atoms with Crippen LogP contribution in [-0.2, 0) is 6.42 Å². The predicted octanol–water partition coefficient (Wildman–Crippen LogP) is 4.84. The van der Waals surface area contributed by atoms with Crippen molar-refractivity contribution in [3.8, 4) is 0 Å². The van der Waals surface area contributed by atoms with E-state index in [1.807, 2.05) is 12.4 Å². The highest BCUT2D eigenvalue weighted by atomic mass is 79.9. The summed E-state index contributed by atoms with van der Waals surface area (Å²) in [6.07, 6.45) is 2.77. The second kappa shape index (κ2) is 5.01. The lowest BCUT2D eigenvalue weighted by atomic mass is 10.1. The first kappa shape index (κ1) is 12.6. The lowest BCUT2D eigenvalue weighted by Crippen LogP contribution is -1.95. The molecule has 0 spiro atoms. The van der Waals surface area contributed by atoms with Crippen LogP contribution in [0.2, 0.25) is 0 Å². The van der Waals surface area contributed by atoms with Crippen LogP contribution in [0.5, 0.6) is 0 Å². The molecule has 4 aromatic rings. The number of hydrogen-bond acceptors (Lipinski definition) is 1. The minimum absolute atomic E-state index is 0.852. The molecule has 0 aliphatic heterocycles. The smallest absolute Gasteiger partial charge is 0.0999 e. The van der Waals surface area contributed by atoms with Crippen LogP contribution in [0.4, 0.5) is 0 Å². The van der Waals surface area contributed by atoms with Crippen molar-refractivity contribution in [3.63, 3.8) is 0 Å². The highest BCUT2D eigenvalue weighted by molar-refractivity contribution is 9.10. The molecule has 0 aliphatic rings. The summed E-state index contributed by atoms with van der Waals surface area (Å²) < 4.78 is 3.27. The summed E-state index contributed by atoms with van der Waals surface area (Å²) in [5.74, 6) is 0. The van der Waals surface area contributed by atoms with Crippen LogP contribution in [0.15, 0.2) is 71.5 Å². The van der Waals surface area contributed by atoms with E-state index < -0.39 is 0 Å². The number of hydrogen-bond donors (Lipinski definition) is 0. The molecule has 2 nitrogen and oxygen atoms in total. The molecule has 102 valence electrons. The van der Waals surface area contributed by atoms with Crippen molar-refractivity contribution in [2.45, 2.75) is 6.42 Å². The van der Waals surface area contributed by atoms with Crippen LogP contribution >= 0.6 is 15.9 Å². The van der Waals surface area contributed by atoms with Crippen molar-refractivity contribution < 1.29 is 0 Å². The van der Waals surface area contributed by atoms with Gasteiger partial charge < -0.3 is 0 Å². The molecule has 0 saturated heterocycles. The van der Waals surface area contributed by atoms with Gasteiger partial charge in [-0.15, -0.1) is 0 Å². The Bertz CT molecular complexity index is 926. The Kier molecular flexibility index (Phi) is 3.00. The summed E-state index contributed by atoms with van der Waals surface area (Å²) in [4.78, 5) is 4.61. The van der Waals surface area contributed by atoms with Crippen molar-refractivity contribution in [1.29, 1.82) is 0 Å². The van der Waals surface area contributed by atoms with Crippen molar-refractivity contribution in [1.82, 2.24) is 9.38 Å². The van der Waals surface area contributed by atoms with Crippen LogP contribution in [0.3, 0.4) is 0 Å². The van der Waals surface area contributed by atoms with E-state index in [4.69, 9.17) is 0 Å². The van der Waals surface area contributed by atoms with Gasteiger partial charge in [0.1, 0.15) is 0 Å². The summed E-state index contributed by atoms with van der Waals surface area (Å²) >= 11 is 3.72. The number of fused-ring (bicyclic) bond motifs is 3. The monoisotopic (exact) mass is 336 g/mol. The van der Waals surface area contributed by atoms with Gasteiger partial charge in [-0.3, -0.25) is 4.40 Å². The topological polar surface area (TPSA) is 17.3 Å². The second-order valence-electron chi connectivity index (χ2n) is 5.13. The van der Waals surface area contributed by atoms with Gasteiger partial charge in [-0.2, -0.15) is 0 Å². The van der Waals surface area contributed by atoms with Gasteiger partial charge in [-0.25, -0.2) is 4.98 Å². The Morgan fingerprint density at radius 3 is 2.52 bits per heavy atom. The van der Waals surface area contributed by atoms with Crippen LogP contribution < -0.4 is 0 Å². The standard InChI is InChI=1S/C18H13BrN2/c19-18-15-8-4-5-9-16(15)21-12-20-14(11-17(18)21)10-13-6-2-1-3-7-13/h1-9,11-12H,10H2. The minimum atomic E-state index is 0.852. The molecule has 0 amide bonds. The molecule has 3 heteroatoms. The van der Waals surface area contributed by atoms with Gasteiger partial charge in [0, 0.05) is 17.5 Å². The van der Waals surface area contributed by atoms with Crippen LogP contribution in [0, 0.1) is 0 Å². The number of rotatable bonds is 2. The summed E-state index contributed by atoms with van der Waals surface area (Å²) in [6, 6.07) is 21.0. The zero-order valence-corrected chi connectivity index (χ0v) is 12.9. The van der Waals surface area contributed by atoms with E-state index in [0.717, 1.165) is 22.1 Å². The first-order valence-corrected chi connectivity index (χ1v) is 7.69. The fourth-order valence-corrected chi connectivity index (χ4v) is 3.37. The molecule has 21 heavy (non-hydrogen) atoms. The van der Waals surface area contributed by atoms with Crippen LogP contribution in [-0.4, -0.2) is 9.38 Å². The van der Waals surface area contributed by atoms with Crippen molar-refractivity contribution in [3.05, 3.63) is 82.7 Å². The maximum atomic E-state index is 4.61. The molecule has 2 aromatic heterocycles. The summed E-state index contributed by atoms with van der Waals surface area (Å²) in [6.45, 7) is 0. The van der Waals surface area contributed by atoms with Gasteiger partial charge in [0.15, 0.2) is 0 Å². The van der Waals surface area contributed by atoms with E-state index in [-0.39, 0.29) is 0 Å². The highest BCUT2D eigenvalue weighted by Crippen LogP contribution is 2.31. The van der Waals surface area contributed by atoms with Gasteiger partial charge >= 0.3 is 0 Å². The van der Waals surface area contributed by atoms with Crippen molar-refractivity contribution in [2.75, 3.05) is 0 Å². The molecule has 0 fully saturated rings. The second-order valence-corrected chi connectivity index (χ2v) is 5.92. The molecular formula is C18H13BrN2. The Labute approximate surface area is 131 Å². The maximum Gasteiger partial charge on any atom is 0.0999 e. The van der Waals surface area contributed by atoms with E-state index >= 15 is 0 Å². The molecule has 0 atom stereocenters. The van der Waals surface area contributed by atoms with Gasteiger partial charge in [0.05, 0.1) is 21.8 Å². The Morgan fingerprint density at radius 1 is 0.905 bits per heavy atom. The average Bonchev–Trinajstić information content (AvgIpc) is 2.82. The zero-order valence-electron chi connectivity index (χ0n) is 11.3. The molecule has 0 aliphatic carbocycles. The van der Waals surface area contributed by atoms with E-state index in [9.17, 15) is 0 Å². The first-order chi connectivity index (χ1) is 10.3. The summed E-state index contributed by atoms with van der Waals surface area (Å²) in [5.41, 5.74) is 4.70. The van der Waals surface area contributed by atoms with E-state index in [1.54, 1.807) is 0 Å². The Balaban J connectivity index is 1.86. The van der Waals surface area contributed by atoms with E-state index in [0.29, 0.717) is 0 Å². The fraction of sp³-hybridized carbons (Fsp3) is 0.0556. The highest BCUT2D eigenvalue weighted by Gasteiger charge is 2.10. The van der Waals surface area contributed by atoms with E-state index in [1.165, 1.54) is 16.5 Å². The number of nitrogens with zero attached hydrogens (tertiary/aromatic N) is 2. The quantitative estimate of drug-likeness (QED) is 0.512. The number of para-hydroxylation sites is 1. The zero-order chi connectivity index (χ0) is 14.2. The molecular weight excluding hydrogens is 324 g/mol. The van der Waals surface area contributed by atoms with Crippen molar-refractivity contribution >= 4 is 32.3 Å². The van der Waals surface area contributed by atoms with Crippen LogP contribution in [0.1, 0.15) is 11.3 Å². The fourth-order valence-electron chi connectivity index (χ4n) is 2.73. The van der Waals surface area contributed by atoms with Crippen LogP contribution in [0.25, 0.3) is 16.4 Å². The minimum Gasteiger partial charge on any atom is -0.299 e. The summed E-state index contributed by atoms with van der Waals surface area (Å²) in [7, 11) is 0. The maximum absolute atomic E-state index is 4.61. The molecule has 2 aromatic carbocycles.